The fourth-order valence-corrected chi connectivity index (χ4v) is 2.02. The fourth-order valence-electron chi connectivity index (χ4n) is 2.02. The smallest absolute Gasteiger partial charge is 0.346 e. The molecule has 1 fully saturated rings. The van der Waals surface area contributed by atoms with E-state index in [0.717, 1.165) is 0 Å². The number of hydrogen-bond donors (Lipinski definition) is 7. The van der Waals surface area contributed by atoms with Gasteiger partial charge in [-0.1, -0.05) is 0 Å². The summed E-state index contributed by atoms with van der Waals surface area (Å²) in [5, 5.41) is 50.0. The normalized spacial score (nSPS) is 32.9. The highest BCUT2D eigenvalue weighted by atomic mass is 16.6. The molecular weight excluding hydrogens is 286 g/mol. The van der Waals surface area contributed by atoms with Gasteiger partial charge in [0.05, 0.1) is 13.2 Å². The summed E-state index contributed by atoms with van der Waals surface area (Å²) in [7, 11) is 0. The molecule has 2 heterocycles. The van der Waals surface area contributed by atoms with Crippen LogP contribution in [0.4, 0.5) is 5.82 Å². The second-order valence-corrected chi connectivity index (χ2v) is 4.63. The molecule has 2 rings (SSSR count). The number of aromatic amines is 1. The van der Waals surface area contributed by atoms with E-state index in [1.165, 1.54) is 6.20 Å². The van der Waals surface area contributed by atoms with Crippen molar-refractivity contribution < 1.29 is 30.3 Å². The Morgan fingerprint density at radius 2 is 1.95 bits per heavy atom. The van der Waals surface area contributed by atoms with Gasteiger partial charge in [0, 0.05) is 11.8 Å². The van der Waals surface area contributed by atoms with Gasteiger partial charge in [-0.3, -0.25) is 0 Å². The number of anilines is 1. The van der Waals surface area contributed by atoms with Gasteiger partial charge < -0.3 is 40.6 Å². The van der Waals surface area contributed by atoms with Crippen molar-refractivity contribution >= 4 is 5.82 Å². The minimum absolute atomic E-state index is 0.0365. The topological polar surface area (TPSA) is 168 Å². The Hall–Kier alpha value is -1.56. The van der Waals surface area contributed by atoms with Crippen molar-refractivity contribution in [2.75, 3.05) is 11.9 Å². The van der Waals surface area contributed by atoms with Gasteiger partial charge in [0.15, 0.2) is 6.23 Å². The van der Waals surface area contributed by atoms with Gasteiger partial charge in [-0.15, -0.1) is 0 Å². The lowest BCUT2D eigenvalue weighted by Gasteiger charge is -2.40. The first kappa shape index (κ1) is 15.8. The summed E-state index contributed by atoms with van der Waals surface area (Å²) in [5.74, 6) is -0.0365. The van der Waals surface area contributed by atoms with Gasteiger partial charge in [-0.2, -0.15) is 4.98 Å². The standard InChI is InChI=1S/C11H17N3O7/c15-2-4-1-12-11(20)14-9(4)13-10-8(19)7(18)6(17)5(3-16)21-10/h1,5-8,10,15-19H,2-3H2,(H2,12,13,14,20)/t5-,6-,7+,8-,10?/m1/s1. The zero-order valence-corrected chi connectivity index (χ0v) is 10.9. The molecule has 1 saturated heterocycles. The van der Waals surface area contributed by atoms with Crippen molar-refractivity contribution in [3.8, 4) is 0 Å². The van der Waals surface area contributed by atoms with Gasteiger partial charge in [-0.25, -0.2) is 4.79 Å². The van der Waals surface area contributed by atoms with Gasteiger partial charge in [0.25, 0.3) is 0 Å². The highest BCUT2D eigenvalue weighted by Crippen LogP contribution is 2.22. The Balaban J connectivity index is 2.22. The number of aromatic nitrogens is 2. The van der Waals surface area contributed by atoms with Crippen LogP contribution >= 0.6 is 0 Å². The molecule has 0 bridgehead atoms. The summed E-state index contributed by atoms with van der Waals surface area (Å²) in [5.41, 5.74) is -0.439. The van der Waals surface area contributed by atoms with Crippen LogP contribution in [0.3, 0.4) is 0 Å². The van der Waals surface area contributed by atoms with Crippen LogP contribution in [0.5, 0.6) is 0 Å². The highest BCUT2D eigenvalue weighted by Gasteiger charge is 2.43. The lowest BCUT2D eigenvalue weighted by molar-refractivity contribution is -0.221. The first-order valence-corrected chi connectivity index (χ1v) is 6.24. The predicted molar refractivity (Wildman–Crippen MR) is 68.2 cm³/mol. The first-order chi connectivity index (χ1) is 9.97. The number of ether oxygens (including phenoxy) is 1. The van der Waals surface area contributed by atoms with Gasteiger partial charge in [-0.05, 0) is 0 Å². The van der Waals surface area contributed by atoms with Crippen LogP contribution in [-0.4, -0.2) is 72.8 Å². The third-order valence-corrected chi connectivity index (χ3v) is 3.23. The van der Waals surface area contributed by atoms with Crippen LogP contribution in [-0.2, 0) is 11.3 Å². The van der Waals surface area contributed by atoms with Crippen LogP contribution < -0.4 is 11.0 Å². The maximum Gasteiger partial charge on any atom is 0.346 e. The number of aliphatic hydroxyl groups is 5. The lowest BCUT2D eigenvalue weighted by atomic mass is 9.98. The largest absolute Gasteiger partial charge is 0.394 e. The average molecular weight is 303 g/mol. The van der Waals surface area contributed by atoms with E-state index in [9.17, 15) is 20.1 Å². The van der Waals surface area contributed by atoms with Crippen molar-refractivity contribution in [3.63, 3.8) is 0 Å². The van der Waals surface area contributed by atoms with Crippen molar-refractivity contribution in [3.05, 3.63) is 22.2 Å². The minimum Gasteiger partial charge on any atom is -0.394 e. The van der Waals surface area contributed by atoms with E-state index in [1.54, 1.807) is 0 Å². The molecule has 5 atom stereocenters. The summed E-state index contributed by atoms with van der Waals surface area (Å²) in [6.45, 7) is -0.998. The molecule has 118 valence electrons. The zero-order chi connectivity index (χ0) is 15.6. The van der Waals surface area contributed by atoms with Crippen LogP contribution in [0.25, 0.3) is 0 Å². The molecule has 0 amide bonds. The molecular formula is C11H17N3O7. The van der Waals surface area contributed by atoms with Crippen LogP contribution in [0.15, 0.2) is 11.0 Å². The monoisotopic (exact) mass is 303 g/mol. The van der Waals surface area contributed by atoms with Crippen LogP contribution in [0, 0.1) is 0 Å². The fraction of sp³-hybridized carbons (Fsp3) is 0.636. The maximum atomic E-state index is 11.2. The third kappa shape index (κ3) is 3.20. The number of aliphatic hydroxyl groups excluding tert-OH is 5. The predicted octanol–water partition coefficient (Wildman–Crippen LogP) is -3.53. The molecule has 1 aromatic rings. The molecule has 0 spiro atoms. The summed E-state index contributed by atoms with van der Waals surface area (Å²) in [4.78, 5) is 17.1. The number of hydrogen-bond acceptors (Lipinski definition) is 9. The summed E-state index contributed by atoms with van der Waals surface area (Å²) in [6.07, 6.45) is -5.61. The second-order valence-electron chi connectivity index (χ2n) is 4.63. The van der Waals surface area contributed by atoms with Crippen LogP contribution in [0.2, 0.25) is 0 Å². The molecule has 0 aromatic carbocycles. The summed E-state index contributed by atoms with van der Waals surface area (Å²) in [6, 6.07) is 0. The van der Waals surface area contributed by atoms with E-state index in [4.69, 9.17) is 14.9 Å². The van der Waals surface area contributed by atoms with Gasteiger partial charge in [0.1, 0.15) is 30.2 Å². The quantitative estimate of drug-likeness (QED) is 0.298. The van der Waals surface area contributed by atoms with Crippen molar-refractivity contribution in [2.24, 2.45) is 0 Å². The molecule has 21 heavy (non-hydrogen) atoms. The zero-order valence-electron chi connectivity index (χ0n) is 10.9. The van der Waals surface area contributed by atoms with Gasteiger partial charge >= 0.3 is 5.69 Å². The molecule has 10 heteroatoms. The number of nitrogens with zero attached hydrogens (tertiary/aromatic N) is 1. The molecule has 0 saturated carbocycles. The molecule has 1 aliphatic heterocycles. The SMILES string of the molecule is O=c1nc(NC2O[C@H](CO)[C@@H](O)[C@H](O)[C@H]2O)c(CO)c[nH]1. The molecule has 0 radical (unpaired) electrons. The number of rotatable bonds is 4. The maximum absolute atomic E-state index is 11.2. The van der Waals surface area contributed by atoms with E-state index in [2.05, 4.69) is 15.3 Å². The summed E-state index contributed by atoms with van der Waals surface area (Å²) < 4.78 is 5.22. The molecule has 1 aromatic heterocycles. The molecule has 1 aliphatic rings. The Morgan fingerprint density at radius 3 is 2.57 bits per heavy atom. The van der Waals surface area contributed by atoms with Gasteiger partial charge in [0.2, 0.25) is 0 Å². The van der Waals surface area contributed by atoms with Crippen molar-refractivity contribution in [2.45, 2.75) is 37.3 Å². The Kier molecular flexibility index (Phi) is 4.88. The second kappa shape index (κ2) is 6.47. The highest BCUT2D eigenvalue weighted by molar-refractivity contribution is 5.42. The van der Waals surface area contributed by atoms with E-state index < -0.39 is 49.5 Å². The van der Waals surface area contributed by atoms with Crippen molar-refractivity contribution in [1.29, 1.82) is 0 Å². The van der Waals surface area contributed by atoms with E-state index in [-0.39, 0.29) is 11.4 Å². The average Bonchev–Trinajstić information content (AvgIpc) is 2.48. The lowest BCUT2D eigenvalue weighted by Crippen LogP contribution is -2.60. The Bertz CT molecular complexity index is 535. The molecule has 0 aliphatic carbocycles. The van der Waals surface area contributed by atoms with E-state index >= 15 is 0 Å². The van der Waals surface area contributed by atoms with E-state index in [1.807, 2.05) is 0 Å². The minimum atomic E-state index is -1.55. The first-order valence-electron chi connectivity index (χ1n) is 6.24. The van der Waals surface area contributed by atoms with E-state index in [0.29, 0.717) is 0 Å². The number of H-pyrrole nitrogens is 1. The Morgan fingerprint density at radius 1 is 1.24 bits per heavy atom. The van der Waals surface area contributed by atoms with Crippen molar-refractivity contribution in [1.82, 2.24) is 9.97 Å². The molecule has 1 unspecified atom stereocenters. The third-order valence-electron chi connectivity index (χ3n) is 3.23. The Labute approximate surface area is 118 Å². The molecule has 7 N–H and O–H groups in total. The summed E-state index contributed by atoms with van der Waals surface area (Å²) >= 11 is 0. The van der Waals surface area contributed by atoms with Crippen LogP contribution in [0.1, 0.15) is 5.56 Å². The number of nitrogens with one attached hydrogen (secondary N) is 2. The molecule has 10 nitrogen and oxygen atoms in total.